The van der Waals surface area contributed by atoms with Gasteiger partial charge in [0.25, 0.3) is 0 Å². The van der Waals surface area contributed by atoms with Crippen molar-refractivity contribution in [2.75, 3.05) is 18.0 Å². The van der Waals surface area contributed by atoms with Crippen molar-refractivity contribution >= 4 is 34.8 Å². The second-order valence-corrected chi connectivity index (χ2v) is 6.29. The molecule has 1 aliphatic rings. The first-order chi connectivity index (χ1) is 10.2. The summed E-state index contributed by atoms with van der Waals surface area (Å²) in [4.78, 5) is 13.2. The maximum absolute atomic E-state index is 14.3. The Morgan fingerprint density at radius 1 is 1.27 bits per heavy atom. The molecule has 1 amide bonds. The highest BCUT2D eigenvalue weighted by atomic mass is 35.5. The summed E-state index contributed by atoms with van der Waals surface area (Å²) in [5, 5.41) is -0.823. The van der Waals surface area contributed by atoms with Gasteiger partial charge in [0.15, 0.2) is 5.67 Å². The molecule has 1 unspecified atom stereocenters. The molecule has 122 valence electrons. The van der Waals surface area contributed by atoms with Crippen LogP contribution in [-0.4, -0.2) is 30.0 Å². The van der Waals surface area contributed by atoms with Crippen LogP contribution in [0.3, 0.4) is 0 Å². The van der Waals surface area contributed by atoms with Gasteiger partial charge in [-0.1, -0.05) is 32.2 Å². The normalized spacial score (nSPS) is 18.9. The van der Waals surface area contributed by atoms with Crippen LogP contribution in [-0.2, 0) is 4.79 Å². The highest BCUT2D eigenvalue weighted by Crippen LogP contribution is 2.36. The minimum absolute atomic E-state index is 0.298. The van der Waals surface area contributed by atoms with Gasteiger partial charge >= 0.3 is 5.91 Å². The lowest BCUT2D eigenvalue weighted by molar-refractivity contribution is -0.203. The Morgan fingerprint density at radius 2 is 1.86 bits per heavy atom. The largest absolute Gasteiger partial charge is 0.371 e. The van der Waals surface area contributed by atoms with E-state index in [-0.39, 0.29) is 0 Å². The summed E-state index contributed by atoms with van der Waals surface area (Å²) in [6, 6.07) is 5.16. The molecule has 1 aromatic carbocycles. The van der Waals surface area contributed by atoms with E-state index in [0.717, 1.165) is 12.6 Å². The standard InChI is InChI=1S/C14H15Cl2F3N2O/c1-14(17,13(22)21(18)19)9-4-6-20(7-5-9)10-2-3-11(15)12(16)8-10/h2-3,8-9H,4-7H2,1H3. The van der Waals surface area contributed by atoms with E-state index in [2.05, 4.69) is 0 Å². The van der Waals surface area contributed by atoms with Crippen molar-refractivity contribution in [3.8, 4) is 0 Å². The number of halogens is 5. The SMILES string of the molecule is CC(F)(C(=O)N(F)F)C1CCN(c2ccc(Cl)c(Cl)c2)CC1. The van der Waals surface area contributed by atoms with E-state index in [1.165, 1.54) is 0 Å². The van der Waals surface area contributed by atoms with Crippen LogP contribution < -0.4 is 4.90 Å². The van der Waals surface area contributed by atoms with E-state index in [4.69, 9.17) is 23.2 Å². The highest BCUT2D eigenvalue weighted by Gasteiger charge is 2.46. The number of hydrogen-bond acceptors (Lipinski definition) is 2. The van der Waals surface area contributed by atoms with Crippen LogP contribution in [0.4, 0.5) is 19.0 Å². The molecule has 0 aliphatic carbocycles. The van der Waals surface area contributed by atoms with Crippen molar-refractivity contribution in [3.05, 3.63) is 28.2 Å². The van der Waals surface area contributed by atoms with Crippen LogP contribution >= 0.6 is 23.2 Å². The van der Waals surface area contributed by atoms with Gasteiger partial charge < -0.3 is 4.90 Å². The average Bonchev–Trinajstić information content (AvgIpc) is 2.49. The third-order valence-electron chi connectivity index (χ3n) is 4.10. The Bertz CT molecular complexity index is 561. The number of carbonyl (C=O) groups is 1. The quantitative estimate of drug-likeness (QED) is 0.744. The van der Waals surface area contributed by atoms with Gasteiger partial charge in [-0.25, -0.2) is 4.39 Å². The van der Waals surface area contributed by atoms with Crippen molar-refractivity contribution < 1.29 is 18.1 Å². The number of rotatable bonds is 3. The zero-order valence-corrected chi connectivity index (χ0v) is 13.3. The topological polar surface area (TPSA) is 23.6 Å². The molecule has 0 radical (unpaired) electrons. The fourth-order valence-corrected chi connectivity index (χ4v) is 2.99. The third-order valence-corrected chi connectivity index (χ3v) is 4.84. The second-order valence-electron chi connectivity index (χ2n) is 5.47. The zero-order chi connectivity index (χ0) is 16.5. The predicted molar refractivity (Wildman–Crippen MR) is 80.0 cm³/mol. The van der Waals surface area contributed by atoms with Crippen LogP contribution in [0, 0.1) is 5.92 Å². The molecule has 0 aromatic heterocycles. The first kappa shape index (κ1) is 17.2. The van der Waals surface area contributed by atoms with Gasteiger partial charge in [0.1, 0.15) is 0 Å². The molecule has 0 saturated carbocycles. The van der Waals surface area contributed by atoms with Crippen molar-refractivity contribution in [1.82, 2.24) is 5.34 Å². The van der Waals surface area contributed by atoms with Gasteiger partial charge in [-0.3, -0.25) is 4.79 Å². The lowest BCUT2D eigenvalue weighted by Crippen LogP contribution is -2.48. The number of piperidine rings is 1. The van der Waals surface area contributed by atoms with Gasteiger partial charge in [0.05, 0.1) is 10.0 Å². The average molecular weight is 355 g/mol. The molecule has 1 fully saturated rings. The number of anilines is 1. The molecule has 1 atom stereocenters. The first-order valence-electron chi connectivity index (χ1n) is 6.78. The Labute approximate surface area is 136 Å². The van der Waals surface area contributed by atoms with Gasteiger partial charge in [-0.05, 0) is 38.0 Å². The van der Waals surface area contributed by atoms with Crippen molar-refractivity contribution in [1.29, 1.82) is 0 Å². The smallest absolute Gasteiger partial charge is 0.320 e. The Balaban J connectivity index is 2.03. The minimum atomic E-state index is -2.56. The van der Waals surface area contributed by atoms with Gasteiger partial charge in [0, 0.05) is 30.0 Å². The minimum Gasteiger partial charge on any atom is -0.371 e. The van der Waals surface area contributed by atoms with E-state index >= 15 is 0 Å². The van der Waals surface area contributed by atoms with E-state index < -0.39 is 22.8 Å². The lowest BCUT2D eigenvalue weighted by Gasteiger charge is -2.38. The van der Waals surface area contributed by atoms with Crippen molar-refractivity contribution in [2.24, 2.45) is 5.92 Å². The summed E-state index contributed by atoms with van der Waals surface area (Å²) >= 11 is 11.8. The molecule has 0 bridgehead atoms. The molecule has 1 saturated heterocycles. The van der Waals surface area contributed by atoms with Crippen LogP contribution in [0.15, 0.2) is 18.2 Å². The monoisotopic (exact) mass is 354 g/mol. The van der Waals surface area contributed by atoms with Crippen LogP contribution in [0.25, 0.3) is 0 Å². The van der Waals surface area contributed by atoms with E-state index in [0.29, 0.717) is 36.0 Å². The Morgan fingerprint density at radius 3 is 2.36 bits per heavy atom. The number of alkyl halides is 1. The highest BCUT2D eigenvalue weighted by molar-refractivity contribution is 6.42. The maximum Gasteiger partial charge on any atom is 0.320 e. The number of amides is 1. The zero-order valence-electron chi connectivity index (χ0n) is 11.8. The van der Waals surface area contributed by atoms with E-state index in [9.17, 15) is 18.1 Å². The molecule has 8 heteroatoms. The summed E-state index contributed by atoms with van der Waals surface area (Å²) in [6.45, 7) is 1.82. The summed E-state index contributed by atoms with van der Waals surface area (Å²) < 4.78 is 39.0. The predicted octanol–water partition coefficient (Wildman–Crippen LogP) is 4.54. The van der Waals surface area contributed by atoms with E-state index in [1.807, 2.05) is 4.90 Å². The number of carbonyl (C=O) groups excluding carboxylic acids is 1. The summed E-state index contributed by atoms with van der Waals surface area (Å²) in [5.74, 6) is -2.53. The molecule has 22 heavy (non-hydrogen) atoms. The lowest BCUT2D eigenvalue weighted by atomic mass is 9.82. The Hall–Kier alpha value is -1.14. The van der Waals surface area contributed by atoms with Crippen LogP contribution in [0.1, 0.15) is 19.8 Å². The van der Waals surface area contributed by atoms with Gasteiger partial charge in [-0.15, -0.1) is 0 Å². The number of nitrogens with zero attached hydrogens (tertiary/aromatic N) is 2. The van der Waals surface area contributed by atoms with Crippen molar-refractivity contribution in [3.63, 3.8) is 0 Å². The molecular weight excluding hydrogens is 340 g/mol. The molecule has 1 heterocycles. The fourth-order valence-electron chi connectivity index (χ4n) is 2.70. The molecule has 3 nitrogen and oxygen atoms in total. The Kier molecular flexibility index (Phi) is 5.12. The maximum atomic E-state index is 14.3. The molecule has 0 N–H and O–H groups in total. The fraction of sp³-hybridized carbons (Fsp3) is 0.500. The summed E-state index contributed by atoms with van der Waals surface area (Å²) in [5.41, 5.74) is -1.73. The first-order valence-corrected chi connectivity index (χ1v) is 7.54. The van der Waals surface area contributed by atoms with Crippen LogP contribution in [0.5, 0.6) is 0 Å². The van der Waals surface area contributed by atoms with Crippen LogP contribution in [0.2, 0.25) is 10.0 Å². The van der Waals surface area contributed by atoms with Crippen molar-refractivity contribution in [2.45, 2.75) is 25.4 Å². The second kappa shape index (κ2) is 6.54. The molecule has 1 aliphatic heterocycles. The third kappa shape index (κ3) is 3.43. The molecule has 2 rings (SSSR count). The van der Waals surface area contributed by atoms with Gasteiger partial charge in [0.2, 0.25) is 0 Å². The summed E-state index contributed by atoms with van der Waals surface area (Å²) in [7, 11) is 0. The summed E-state index contributed by atoms with van der Waals surface area (Å²) in [6.07, 6.45) is 0.597. The van der Waals surface area contributed by atoms with E-state index in [1.54, 1.807) is 18.2 Å². The number of hydrogen-bond donors (Lipinski definition) is 0. The molecular formula is C14H15Cl2F3N2O. The molecule has 0 spiro atoms. The van der Waals surface area contributed by atoms with Gasteiger partial charge in [-0.2, -0.15) is 0 Å². The molecule has 1 aromatic rings. The number of benzene rings is 1.